The molecule has 5 aliphatic rings. The van der Waals surface area contributed by atoms with Crippen molar-refractivity contribution in [3.05, 3.63) is 35.4 Å². The van der Waals surface area contributed by atoms with Crippen LogP contribution in [0.1, 0.15) is 59.2 Å². The number of halogens is 1. The molecule has 0 spiro atoms. The van der Waals surface area contributed by atoms with Crippen molar-refractivity contribution in [1.82, 2.24) is 4.90 Å². The van der Waals surface area contributed by atoms with Crippen molar-refractivity contribution in [2.75, 3.05) is 6.73 Å². The molecule has 1 aromatic rings. The number of amides is 2. The predicted molar refractivity (Wildman–Crippen MR) is 93.6 cm³/mol. The number of imide groups is 1. The lowest BCUT2D eigenvalue weighted by Crippen LogP contribution is -2.56. The SMILES string of the molecule is O=C1c2ccccc2C(=O)N1COC(=O)C12C[C@@H]3C[C@@H](CC(Cl)(C3)C1)C2. The van der Waals surface area contributed by atoms with Crippen LogP contribution in [0.3, 0.4) is 0 Å². The molecular formula is C20H20ClNO4. The Kier molecular flexibility index (Phi) is 3.34. The fraction of sp³-hybridized carbons (Fsp3) is 0.550. The van der Waals surface area contributed by atoms with Crippen molar-refractivity contribution in [2.24, 2.45) is 17.3 Å². The highest BCUT2D eigenvalue weighted by Gasteiger charge is 2.61. The van der Waals surface area contributed by atoms with E-state index in [2.05, 4.69) is 0 Å². The third-order valence-corrected chi connectivity index (χ3v) is 7.07. The molecule has 4 fully saturated rings. The maximum Gasteiger partial charge on any atom is 0.313 e. The first-order valence-corrected chi connectivity index (χ1v) is 9.58. The van der Waals surface area contributed by atoms with Crippen molar-refractivity contribution in [3.63, 3.8) is 0 Å². The molecule has 0 saturated heterocycles. The molecule has 4 bridgehead atoms. The first-order chi connectivity index (χ1) is 12.4. The van der Waals surface area contributed by atoms with Crippen molar-refractivity contribution in [3.8, 4) is 0 Å². The molecule has 4 atom stereocenters. The molecular weight excluding hydrogens is 354 g/mol. The van der Waals surface area contributed by atoms with E-state index in [0.717, 1.165) is 37.0 Å². The van der Waals surface area contributed by atoms with Crippen LogP contribution in [0.2, 0.25) is 0 Å². The summed E-state index contributed by atoms with van der Waals surface area (Å²) >= 11 is 6.77. The molecule has 26 heavy (non-hydrogen) atoms. The van der Waals surface area contributed by atoms with E-state index < -0.39 is 17.2 Å². The van der Waals surface area contributed by atoms with Gasteiger partial charge in [-0.3, -0.25) is 14.4 Å². The van der Waals surface area contributed by atoms with Gasteiger partial charge < -0.3 is 4.74 Å². The molecule has 0 aromatic heterocycles. The lowest BCUT2D eigenvalue weighted by Gasteiger charge is -2.58. The zero-order valence-electron chi connectivity index (χ0n) is 14.4. The summed E-state index contributed by atoms with van der Waals surface area (Å²) < 4.78 is 5.51. The van der Waals surface area contributed by atoms with E-state index in [1.807, 2.05) is 0 Å². The van der Waals surface area contributed by atoms with Crippen LogP contribution in [0.5, 0.6) is 0 Å². The van der Waals surface area contributed by atoms with Gasteiger partial charge in [-0.25, -0.2) is 4.90 Å². The largest absolute Gasteiger partial charge is 0.443 e. The van der Waals surface area contributed by atoms with Crippen LogP contribution in [0, 0.1) is 17.3 Å². The van der Waals surface area contributed by atoms with Gasteiger partial charge in [0.1, 0.15) is 0 Å². The van der Waals surface area contributed by atoms with E-state index in [4.69, 9.17) is 16.3 Å². The lowest BCUT2D eigenvalue weighted by atomic mass is 9.49. The summed E-state index contributed by atoms with van der Waals surface area (Å²) in [5.74, 6) is -0.134. The molecule has 6 rings (SSSR count). The van der Waals surface area contributed by atoms with E-state index in [0.29, 0.717) is 29.4 Å². The van der Waals surface area contributed by atoms with Gasteiger partial charge in [0.2, 0.25) is 0 Å². The molecule has 2 amide bonds. The zero-order chi connectivity index (χ0) is 18.1. The van der Waals surface area contributed by atoms with Crippen LogP contribution in [0.15, 0.2) is 24.3 Å². The highest BCUT2D eigenvalue weighted by atomic mass is 35.5. The quantitative estimate of drug-likeness (QED) is 0.463. The summed E-state index contributed by atoms with van der Waals surface area (Å²) in [7, 11) is 0. The minimum atomic E-state index is -0.537. The summed E-state index contributed by atoms with van der Waals surface area (Å²) in [6.45, 7) is -0.322. The van der Waals surface area contributed by atoms with E-state index in [-0.39, 0.29) is 17.6 Å². The minimum Gasteiger partial charge on any atom is -0.443 e. The summed E-state index contributed by atoms with van der Waals surface area (Å²) in [4.78, 5) is 38.5. The predicted octanol–water partition coefficient (Wildman–Crippen LogP) is 3.36. The normalized spacial score (nSPS) is 37.2. The molecule has 1 aliphatic heterocycles. The van der Waals surface area contributed by atoms with Gasteiger partial charge in [0.05, 0.1) is 16.5 Å². The first-order valence-electron chi connectivity index (χ1n) is 9.21. The summed E-state index contributed by atoms with van der Waals surface area (Å²) in [5, 5.41) is 0. The summed E-state index contributed by atoms with van der Waals surface area (Å²) in [5.41, 5.74) is 0.191. The molecule has 5 nitrogen and oxygen atoms in total. The molecule has 1 aromatic carbocycles. The van der Waals surface area contributed by atoms with Crippen molar-refractivity contribution < 1.29 is 19.1 Å². The van der Waals surface area contributed by atoms with Crippen molar-refractivity contribution in [2.45, 2.75) is 43.4 Å². The number of nitrogens with zero attached hydrogens (tertiary/aromatic N) is 1. The fourth-order valence-electron chi connectivity index (χ4n) is 6.02. The standard InChI is InChI=1S/C20H20ClNO4/c21-20-8-12-5-13(9-20)7-19(6-12,10-20)18(25)26-11-22-16(23)14-3-1-2-4-15(14)17(22)24/h1-4,12-13H,5-11H2/t12-,13+,19?,20?. The Morgan fingerprint density at radius 2 is 1.65 bits per heavy atom. The van der Waals surface area contributed by atoms with Crippen LogP contribution in [0.25, 0.3) is 0 Å². The van der Waals surface area contributed by atoms with Crippen LogP contribution < -0.4 is 0 Å². The van der Waals surface area contributed by atoms with Crippen molar-refractivity contribution in [1.29, 1.82) is 0 Å². The zero-order valence-corrected chi connectivity index (χ0v) is 15.1. The Balaban J connectivity index is 1.32. The number of carbonyl (C=O) groups is 3. The van der Waals surface area contributed by atoms with Gasteiger partial charge in [0.15, 0.2) is 6.73 Å². The topological polar surface area (TPSA) is 63.7 Å². The number of esters is 1. The van der Waals surface area contributed by atoms with E-state index in [1.54, 1.807) is 24.3 Å². The second-order valence-corrected chi connectivity index (χ2v) is 9.34. The van der Waals surface area contributed by atoms with Crippen molar-refractivity contribution >= 4 is 29.4 Å². The number of alkyl halides is 1. The Hall–Kier alpha value is -1.88. The Labute approximate surface area is 156 Å². The van der Waals surface area contributed by atoms with E-state index in [9.17, 15) is 14.4 Å². The van der Waals surface area contributed by atoms with Gasteiger partial charge >= 0.3 is 5.97 Å². The maximum absolute atomic E-state index is 13.0. The first kappa shape index (κ1) is 16.3. The minimum absolute atomic E-state index is 0.279. The van der Waals surface area contributed by atoms with Crippen LogP contribution in [-0.2, 0) is 9.53 Å². The van der Waals surface area contributed by atoms with Crippen LogP contribution in [-0.4, -0.2) is 34.3 Å². The molecule has 136 valence electrons. The number of hydrogen-bond donors (Lipinski definition) is 0. The molecule has 0 radical (unpaired) electrons. The second-order valence-electron chi connectivity index (χ2n) is 8.54. The van der Waals surface area contributed by atoms with E-state index in [1.165, 1.54) is 0 Å². The Morgan fingerprint density at radius 1 is 1.08 bits per heavy atom. The fourth-order valence-corrected chi connectivity index (χ4v) is 6.71. The summed E-state index contributed by atoms with van der Waals surface area (Å²) in [6.07, 6.45) is 5.41. The smallest absolute Gasteiger partial charge is 0.313 e. The van der Waals surface area contributed by atoms with E-state index >= 15 is 0 Å². The van der Waals surface area contributed by atoms with Crippen LogP contribution >= 0.6 is 11.6 Å². The second kappa shape index (κ2) is 5.32. The molecule has 4 saturated carbocycles. The van der Waals surface area contributed by atoms with Gasteiger partial charge in [-0.1, -0.05) is 12.1 Å². The Morgan fingerprint density at radius 3 is 2.19 bits per heavy atom. The third kappa shape index (κ3) is 2.26. The lowest BCUT2D eigenvalue weighted by molar-refractivity contribution is -0.172. The Bertz CT molecular complexity index is 786. The number of rotatable bonds is 3. The monoisotopic (exact) mass is 373 g/mol. The average Bonchev–Trinajstić information content (AvgIpc) is 2.82. The van der Waals surface area contributed by atoms with Gasteiger partial charge in [-0.15, -0.1) is 11.6 Å². The van der Waals surface area contributed by atoms with Crippen LogP contribution in [0.4, 0.5) is 0 Å². The third-order valence-electron chi connectivity index (χ3n) is 6.63. The number of benzene rings is 1. The average molecular weight is 374 g/mol. The van der Waals surface area contributed by atoms with Gasteiger partial charge in [-0.05, 0) is 62.5 Å². The molecule has 6 heteroatoms. The summed E-state index contributed by atoms with van der Waals surface area (Å²) in [6, 6.07) is 6.67. The number of carbonyl (C=O) groups excluding carboxylic acids is 3. The number of ether oxygens (including phenoxy) is 1. The maximum atomic E-state index is 13.0. The highest BCUT2D eigenvalue weighted by Crippen LogP contribution is 2.64. The number of fused-ring (bicyclic) bond motifs is 1. The number of hydrogen-bond acceptors (Lipinski definition) is 4. The molecule has 0 N–H and O–H groups in total. The van der Waals surface area contributed by atoms with Gasteiger partial charge in [0.25, 0.3) is 11.8 Å². The van der Waals surface area contributed by atoms with Gasteiger partial charge in [0, 0.05) is 4.87 Å². The highest BCUT2D eigenvalue weighted by molar-refractivity contribution is 6.24. The van der Waals surface area contributed by atoms with Gasteiger partial charge in [-0.2, -0.15) is 0 Å². The molecule has 4 aliphatic carbocycles. The molecule has 2 unspecified atom stereocenters. The molecule has 1 heterocycles.